The number of nitrogens with zero attached hydrogens (tertiary/aromatic N) is 1. The zero-order valence-corrected chi connectivity index (χ0v) is 14.2. The van der Waals surface area contributed by atoms with Gasteiger partial charge in [-0.25, -0.2) is 22.3 Å². The minimum atomic E-state index is -3.74. The first-order valence-corrected chi connectivity index (χ1v) is 8.97. The van der Waals surface area contributed by atoms with E-state index in [9.17, 15) is 17.6 Å². The lowest BCUT2D eigenvalue weighted by molar-refractivity contribution is 0.106. The average Bonchev–Trinajstić information content (AvgIpc) is 2.55. The molecule has 1 amide bonds. The highest BCUT2D eigenvalue weighted by molar-refractivity contribution is 7.89. The zero-order valence-electron chi connectivity index (χ0n) is 12.6. The maximum absolute atomic E-state index is 13.1. The van der Waals surface area contributed by atoms with E-state index < -0.39 is 15.8 Å². The van der Waals surface area contributed by atoms with Gasteiger partial charge in [-0.3, -0.25) is 0 Å². The molecule has 1 heterocycles. The summed E-state index contributed by atoms with van der Waals surface area (Å²) in [5.41, 5.74) is 0. The normalized spacial score (nSPS) is 16.4. The number of carbonyl (C=O) groups is 1. The van der Waals surface area contributed by atoms with Crippen molar-refractivity contribution in [3.63, 3.8) is 0 Å². The Hall–Kier alpha value is -1.38. The first kappa shape index (κ1) is 18.0. The molecule has 0 bridgehead atoms. The van der Waals surface area contributed by atoms with Crippen molar-refractivity contribution in [2.24, 2.45) is 5.92 Å². The number of benzene rings is 1. The van der Waals surface area contributed by atoms with E-state index in [2.05, 4.69) is 9.46 Å². The van der Waals surface area contributed by atoms with Crippen LogP contribution in [0.5, 0.6) is 0 Å². The molecule has 1 aliphatic heterocycles. The van der Waals surface area contributed by atoms with Gasteiger partial charge in [0.25, 0.3) is 0 Å². The number of methoxy groups -OCH3 is 1. The van der Waals surface area contributed by atoms with Gasteiger partial charge in [0.05, 0.1) is 17.0 Å². The van der Waals surface area contributed by atoms with Gasteiger partial charge in [0.1, 0.15) is 5.82 Å². The van der Waals surface area contributed by atoms with Crippen LogP contribution < -0.4 is 4.72 Å². The van der Waals surface area contributed by atoms with Crippen LogP contribution >= 0.6 is 11.6 Å². The predicted octanol–water partition coefficient (Wildman–Crippen LogP) is 2.24. The largest absolute Gasteiger partial charge is 0.453 e. The summed E-state index contributed by atoms with van der Waals surface area (Å²) in [6, 6.07) is 3.27. The Bertz CT molecular complexity index is 675. The van der Waals surface area contributed by atoms with Crippen molar-refractivity contribution in [1.29, 1.82) is 0 Å². The van der Waals surface area contributed by atoms with Crippen molar-refractivity contribution >= 4 is 27.7 Å². The molecule has 2 rings (SSSR count). The molecule has 0 aromatic heterocycles. The maximum Gasteiger partial charge on any atom is 0.409 e. The predicted molar refractivity (Wildman–Crippen MR) is 83.3 cm³/mol. The van der Waals surface area contributed by atoms with Gasteiger partial charge in [0, 0.05) is 19.6 Å². The standard InChI is InChI=1S/C14H18ClFN2O4S/c1-22-14(19)18-6-4-10(5-7-18)9-17-23(20,21)11-2-3-13(16)12(15)8-11/h2-3,8,10,17H,4-7,9H2,1H3. The van der Waals surface area contributed by atoms with Crippen molar-refractivity contribution in [2.45, 2.75) is 17.7 Å². The molecular formula is C14H18ClFN2O4S. The van der Waals surface area contributed by atoms with Crippen molar-refractivity contribution in [2.75, 3.05) is 26.7 Å². The Morgan fingerprint density at radius 2 is 2.09 bits per heavy atom. The summed E-state index contributed by atoms with van der Waals surface area (Å²) < 4.78 is 44.6. The van der Waals surface area contributed by atoms with Gasteiger partial charge in [-0.05, 0) is 37.0 Å². The van der Waals surface area contributed by atoms with Crippen LogP contribution in [0.1, 0.15) is 12.8 Å². The molecule has 1 N–H and O–H groups in total. The lowest BCUT2D eigenvalue weighted by Gasteiger charge is -2.30. The van der Waals surface area contributed by atoms with Crippen LogP contribution in [-0.2, 0) is 14.8 Å². The Balaban J connectivity index is 1.90. The van der Waals surface area contributed by atoms with Crippen molar-refractivity contribution in [3.8, 4) is 0 Å². The smallest absolute Gasteiger partial charge is 0.409 e. The van der Waals surface area contributed by atoms with E-state index in [1.54, 1.807) is 4.90 Å². The summed E-state index contributed by atoms with van der Waals surface area (Å²) >= 11 is 5.61. The molecular weight excluding hydrogens is 347 g/mol. The number of likely N-dealkylation sites (tertiary alicyclic amines) is 1. The number of amides is 1. The van der Waals surface area contributed by atoms with Crippen molar-refractivity contribution in [3.05, 3.63) is 29.0 Å². The fourth-order valence-electron chi connectivity index (χ4n) is 2.40. The van der Waals surface area contributed by atoms with E-state index >= 15 is 0 Å². The lowest BCUT2D eigenvalue weighted by atomic mass is 9.97. The number of hydrogen-bond acceptors (Lipinski definition) is 4. The monoisotopic (exact) mass is 364 g/mol. The third-order valence-electron chi connectivity index (χ3n) is 3.81. The molecule has 1 aromatic rings. The molecule has 1 fully saturated rings. The molecule has 0 radical (unpaired) electrons. The molecule has 0 saturated carbocycles. The summed E-state index contributed by atoms with van der Waals surface area (Å²) in [5.74, 6) is -0.539. The first-order chi connectivity index (χ1) is 10.8. The van der Waals surface area contributed by atoms with Crippen LogP contribution in [0.25, 0.3) is 0 Å². The van der Waals surface area contributed by atoms with E-state index in [4.69, 9.17) is 11.6 Å². The summed E-state index contributed by atoms with van der Waals surface area (Å²) in [6.45, 7) is 1.31. The number of halogens is 2. The van der Waals surface area contributed by atoms with Gasteiger partial charge < -0.3 is 9.64 Å². The number of piperidine rings is 1. The molecule has 1 aliphatic rings. The zero-order chi connectivity index (χ0) is 17.0. The fraction of sp³-hybridized carbons (Fsp3) is 0.500. The molecule has 6 nitrogen and oxygen atoms in total. The SMILES string of the molecule is COC(=O)N1CCC(CNS(=O)(=O)c2ccc(F)c(Cl)c2)CC1. The number of rotatable bonds is 4. The van der Waals surface area contributed by atoms with Gasteiger partial charge in [0.2, 0.25) is 10.0 Å². The summed E-state index contributed by atoms with van der Waals surface area (Å²) in [6.07, 6.45) is 0.994. The minimum Gasteiger partial charge on any atom is -0.453 e. The maximum atomic E-state index is 13.1. The number of nitrogens with one attached hydrogen (secondary N) is 1. The fourth-order valence-corrected chi connectivity index (χ4v) is 3.79. The molecule has 0 spiro atoms. The molecule has 9 heteroatoms. The number of ether oxygens (including phenoxy) is 1. The van der Waals surface area contributed by atoms with Gasteiger partial charge >= 0.3 is 6.09 Å². The molecule has 0 unspecified atom stereocenters. The van der Waals surface area contributed by atoms with Gasteiger partial charge in [-0.2, -0.15) is 0 Å². The molecule has 1 aromatic carbocycles. The molecule has 128 valence electrons. The highest BCUT2D eigenvalue weighted by Crippen LogP contribution is 2.21. The highest BCUT2D eigenvalue weighted by atomic mass is 35.5. The third-order valence-corrected chi connectivity index (χ3v) is 5.52. The quantitative estimate of drug-likeness (QED) is 0.889. The second-order valence-corrected chi connectivity index (χ2v) is 7.50. The topological polar surface area (TPSA) is 75.7 Å². The van der Waals surface area contributed by atoms with E-state index in [1.165, 1.54) is 13.2 Å². The van der Waals surface area contributed by atoms with Crippen LogP contribution in [0, 0.1) is 11.7 Å². The van der Waals surface area contributed by atoms with Crippen LogP contribution in [0.2, 0.25) is 5.02 Å². The molecule has 0 aliphatic carbocycles. The van der Waals surface area contributed by atoms with Crippen molar-refractivity contribution < 1.29 is 22.3 Å². The van der Waals surface area contributed by atoms with Crippen LogP contribution in [0.4, 0.5) is 9.18 Å². The van der Waals surface area contributed by atoms with Crippen LogP contribution in [0.3, 0.4) is 0 Å². The molecule has 23 heavy (non-hydrogen) atoms. The van der Waals surface area contributed by atoms with E-state index in [1.807, 2.05) is 0 Å². The van der Waals surface area contributed by atoms with Gasteiger partial charge in [-0.1, -0.05) is 11.6 Å². The summed E-state index contributed by atoms with van der Waals surface area (Å²) in [7, 11) is -2.41. The summed E-state index contributed by atoms with van der Waals surface area (Å²) in [4.78, 5) is 12.9. The Kier molecular flexibility index (Phi) is 5.83. The number of hydrogen-bond donors (Lipinski definition) is 1. The lowest BCUT2D eigenvalue weighted by Crippen LogP contribution is -2.41. The highest BCUT2D eigenvalue weighted by Gasteiger charge is 2.25. The van der Waals surface area contributed by atoms with E-state index in [0.717, 1.165) is 12.1 Å². The summed E-state index contributed by atoms with van der Waals surface area (Å²) in [5, 5.41) is -0.237. The second-order valence-electron chi connectivity index (χ2n) is 5.33. The van der Waals surface area contributed by atoms with E-state index in [-0.39, 0.29) is 28.5 Å². The molecule has 0 atom stereocenters. The van der Waals surface area contributed by atoms with Crippen molar-refractivity contribution in [1.82, 2.24) is 9.62 Å². The minimum absolute atomic E-state index is 0.0732. The van der Waals surface area contributed by atoms with Crippen LogP contribution in [0.15, 0.2) is 23.1 Å². The Labute approximate surface area is 139 Å². The second kappa shape index (κ2) is 7.46. The first-order valence-electron chi connectivity index (χ1n) is 7.11. The van der Waals surface area contributed by atoms with E-state index in [0.29, 0.717) is 25.9 Å². The van der Waals surface area contributed by atoms with Crippen LogP contribution in [-0.4, -0.2) is 46.2 Å². The number of carbonyl (C=O) groups excluding carboxylic acids is 1. The Morgan fingerprint density at radius 1 is 1.43 bits per heavy atom. The number of sulfonamides is 1. The Morgan fingerprint density at radius 3 is 2.65 bits per heavy atom. The van der Waals surface area contributed by atoms with Gasteiger partial charge in [0.15, 0.2) is 0 Å². The third kappa shape index (κ3) is 4.55. The molecule has 1 saturated heterocycles. The van der Waals surface area contributed by atoms with Gasteiger partial charge in [-0.15, -0.1) is 0 Å². The average molecular weight is 365 g/mol.